The summed E-state index contributed by atoms with van der Waals surface area (Å²) < 4.78 is 5.18. The number of rotatable bonds is 4. The number of halogens is 1. The summed E-state index contributed by atoms with van der Waals surface area (Å²) in [6.07, 6.45) is 0. The van der Waals surface area contributed by atoms with Crippen molar-refractivity contribution in [2.24, 2.45) is 0 Å². The lowest BCUT2D eigenvalue weighted by Gasteiger charge is -2.36. The smallest absolute Gasteiger partial charge is 0.172 e. The third-order valence-corrected chi connectivity index (χ3v) is 4.33. The molecule has 1 aliphatic heterocycles. The number of allylic oxidation sites excluding steroid dienone is 2. The number of nitrogens with one attached hydrogen (secondary N) is 1. The van der Waals surface area contributed by atoms with E-state index in [1.54, 1.807) is 7.11 Å². The van der Waals surface area contributed by atoms with Crippen molar-refractivity contribution in [2.75, 3.05) is 26.7 Å². The van der Waals surface area contributed by atoms with Gasteiger partial charge in [-0.2, -0.15) is 0 Å². The number of Topliss-reactive ketones (excluding diaryl/α,β-unsaturated/α-hetero) is 1. The standard InChI is InChI=1S/C16H21ClN2O2/c1-11(16(17)12(2)20)19-9-8-18-15(10-19)13-4-6-14(21-3)7-5-13/h4-7,15,18H,8-10H2,1-3H3/b16-11-. The van der Waals surface area contributed by atoms with Crippen molar-refractivity contribution >= 4 is 17.4 Å². The van der Waals surface area contributed by atoms with Crippen molar-refractivity contribution in [3.63, 3.8) is 0 Å². The summed E-state index contributed by atoms with van der Waals surface area (Å²) in [5.74, 6) is 0.760. The summed E-state index contributed by atoms with van der Waals surface area (Å²) in [7, 11) is 1.66. The SMILES string of the molecule is COc1ccc(C2CN(/C(C)=C(\Cl)C(C)=O)CCN2)cc1. The van der Waals surface area contributed by atoms with E-state index in [4.69, 9.17) is 16.3 Å². The maximum absolute atomic E-state index is 11.4. The van der Waals surface area contributed by atoms with Crippen LogP contribution in [-0.2, 0) is 4.79 Å². The van der Waals surface area contributed by atoms with Gasteiger partial charge in [-0.3, -0.25) is 4.79 Å². The molecule has 1 heterocycles. The molecule has 0 spiro atoms. The van der Waals surface area contributed by atoms with Gasteiger partial charge in [-0.05, 0) is 24.6 Å². The van der Waals surface area contributed by atoms with E-state index < -0.39 is 0 Å². The van der Waals surface area contributed by atoms with E-state index in [-0.39, 0.29) is 11.8 Å². The van der Waals surface area contributed by atoms with Gasteiger partial charge in [-0.15, -0.1) is 0 Å². The highest BCUT2D eigenvalue weighted by Crippen LogP contribution is 2.24. The molecule has 4 nitrogen and oxygen atoms in total. The lowest BCUT2D eigenvalue weighted by atomic mass is 10.0. The van der Waals surface area contributed by atoms with Gasteiger partial charge in [-0.1, -0.05) is 23.7 Å². The minimum absolute atomic E-state index is 0.0892. The maximum Gasteiger partial charge on any atom is 0.172 e. The van der Waals surface area contributed by atoms with Crippen LogP contribution in [0.1, 0.15) is 25.5 Å². The maximum atomic E-state index is 11.4. The van der Waals surface area contributed by atoms with Crippen LogP contribution in [0.4, 0.5) is 0 Å². The van der Waals surface area contributed by atoms with Gasteiger partial charge in [0.15, 0.2) is 5.78 Å². The zero-order valence-electron chi connectivity index (χ0n) is 12.6. The fraction of sp³-hybridized carbons (Fsp3) is 0.438. The number of ketones is 1. The average Bonchev–Trinajstić information content (AvgIpc) is 2.53. The third kappa shape index (κ3) is 3.77. The van der Waals surface area contributed by atoms with E-state index in [1.165, 1.54) is 12.5 Å². The van der Waals surface area contributed by atoms with Crippen molar-refractivity contribution in [3.05, 3.63) is 40.6 Å². The number of nitrogens with zero attached hydrogens (tertiary/aromatic N) is 1. The highest BCUT2D eigenvalue weighted by Gasteiger charge is 2.22. The Labute approximate surface area is 130 Å². The van der Waals surface area contributed by atoms with E-state index in [1.807, 2.05) is 19.1 Å². The first-order valence-corrected chi connectivity index (χ1v) is 7.40. The highest BCUT2D eigenvalue weighted by atomic mass is 35.5. The summed E-state index contributed by atoms with van der Waals surface area (Å²) in [4.78, 5) is 13.6. The number of ether oxygens (including phenoxy) is 1. The molecule has 1 aromatic rings. The van der Waals surface area contributed by atoms with Gasteiger partial charge in [0, 0.05) is 38.3 Å². The Morgan fingerprint density at radius 1 is 1.33 bits per heavy atom. The highest BCUT2D eigenvalue weighted by molar-refractivity contribution is 6.42. The van der Waals surface area contributed by atoms with Gasteiger partial charge in [-0.25, -0.2) is 0 Å². The molecule has 2 rings (SSSR count). The average molecular weight is 309 g/mol. The molecule has 114 valence electrons. The lowest BCUT2D eigenvalue weighted by Crippen LogP contribution is -2.45. The van der Waals surface area contributed by atoms with Crippen molar-refractivity contribution < 1.29 is 9.53 Å². The molecule has 1 fully saturated rings. The first kappa shape index (κ1) is 15.9. The Kier molecular flexibility index (Phi) is 5.26. The zero-order valence-corrected chi connectivity index (χ0v) is 13.4. The van der Waals surface area contributed by atoms with E-state index in [9.17, 15) is 4.79 Å². The molecule has 0 saturated carbocycles. The zero-order chi connectivity index (χ0) is 15.4. The van der Waals surface area contributed by atoms with Crippen molar-refractivity contribution in [2.45, 2.75) is 19.9 Å². The number of benzene rings is 1. The number of carbonyl (C=O) groups excluding carboxylic acids is 1. The van der Waals surface area contributed by atoms with Gasteiger partial charge in [0.1, 0.15) is 10.8 Å². The van der Waals surface area contributed by atoms with Gasteiger partial charge in [0.25, 0.3) is 0 Å². The topological polar surface area (TPSA) is 41.6 Å². The number of hydrogen-bond donors (Lipinski definition) is 1. The molecule has 1 saturated heterocycles. The van der Waals surface area contributed by atoms with E-state index in [2.05, 4.69) is 22.3 Å². The molecule has 0 bridgehead atoms. The predicted octanol–water partition coefficient (Wildman–Crippen LogP) is 2.70. The summed E-state index contributed by atoms with van der Waals surface area (Å²) in [6.45, 7) is 5.90. The van der Waals surface area contributed by atoms with Crippen molar-refractivity contribution in [1.82, 2.24) is 10.2 Å². The summed E-state index contributed by atoms with van der Waals surface area (Å²) in [5.41, 5.74) is 2.05. The van der Waals surface area contributed by atoms with Gasteiger partial charge >= 0.3 is 0 Å². The molecule has 0 radical (unpaired) electrons. The lowest BCUT2D eigenvalue weighted by molar-refractivity contribution is -0.113. The molecule has 21 heavy (non-hydrogen) atoms. The molecular formula is C16H21ClN2O2. The first-order valence-electron chi connectivity index (χ1n) is 7.02. The normalized spacial score (nSPS) is 20.0. The second kappa shape index (κ2) is 6.96. The molecule has 1 unspecified atom stereocenters. The molecule has 1 aromatic carbocycles. The second-order valence-corrected chi connectivity index (χ2v) is 5.56. The summed E-state index contributed by atoms with van der Waals surface area (Å²) in [6, 6.07) is 8.26. The van der Waals surface area contributed by atoms with E-state index in [0.29, 0.717) is 5.03 Å². The second-order valence-electron chi connectivity index (χ2n) is 5.18. The number of carbonyl (C=O) groups is 1. The van der Waals surface area contributed by atoms with Crippen LogP contribution < -0.4 is 10.1 Å². The quantitative estimate of drug-likeness (QED) is 0.868. The number of methoxy groups -OCH3 is 1. The number of piperazine rings is 1. The molecule has 0 amide bonds. The van der Waals surface area contributed by atoms with Crippen LogP contribution in [0.2, 0.25) is 0 Å². The van der Waals surface area contributed by atoms with Crippen LogP contribution in [0.5, 0.6) is 5.75 Å². The van der Waals surface area contributed by atoms with Crippen LogP contribution >= 0.6 is 11.6 Å². The van der Waals surface area contributed by atoms with Crippen LogP contribution in [0, 0.1) is 0 Å². The van der Waals surface area contributed by atoms with Crippen molar-refractivity contribution in [3.8, 4) is 5.75 Å². The van der Waals surface area contributed by atoms with Crippen LogP contribution in [0.25, 0.3) is 0 Å². The van der Waals surface area contributed by atoms with Gasteiger partial charge in [0.05, 0.1) is 7.11 Å². The molecule has 0 aliphatic carbocycles. The van der Waals surface area contributed by atoms with E-state index in [0.717, 1.165) is 31.1 Å². The molecule has 0 aromatic heterocycles. The Morgan fingerprint density at radius 3 is 2.57 bits per heavy atom. The van der Waals surface area contributed by atoms with Crippen LogP contribution in [-0.4, -0.2) is 37.4 Å². The minimum Gasteiger partial charge on any atom is -0.497 e. The summed E-state index contributed by atoms with van der Waals surface area (Å²) >= 11 is 6.08. The largest absolute Gasteiger partial charge is 0.497 e. The van der Waals surface area contributed by atoms with Crippen molar-refractivity contribution in [1.29, 1.82) is 0 Å². The van der Waals surface area contributed by atoms with Crippen LogP contribution in [0.15, 0.2) is 35.0 Å². The van der Waals surface area contributed by atoms with E-state index >= 15 is 0 Å². The molecule has 1 atom stereocenters. The fourth-order valence-corrected chi connectivity index (χ4v) is 2.63. The summed E-state index contributed by atoms with van der Waals surface area (Å²) in [5, 5.41) is 3.82. The Bertz CT molecular complexity index is 540. The third-order valence-electron chi connectivity index (χ3n) is 3.79. The Balaban J connectivity index is 2.13. The fourth-order valence-electron chi connectivity index (χ4n) is 2.51. The number of hydrogen-bond acceptors (Lipinski definition) is 4. The molecule has 1 N–H and O–H groups in total. The molecule has 5 heteroatoms. The first-order chi connectivity index (χ1) is 10.0. The van der Waals surface area contributed by atoms with Gasteiger partial charge in [0.2, 0.25) is 0 Å². The molecular weight excluding hydrogens is 288 g/mol. The van der Waals surface area contributed by atoms with Gasteiger partial charge < -0.3 is 15.0 Å². The molecule has 1 aliphatic rings. The Hall–Kier alpha value is -1.52. The van der Waals surface area contributed by atoms with Crippen LogP contribution in [0.3, 0.4) is 0 Å². The predicted molar refractivity (Wildman–Crippen MR) is 84.5 cm³/mol. The Morgan fingerprint density at radius 2 is 2.00 bits per heavy atom. The minimum atomic E-state index is -0.0892. The monoisotopic (exact) mass is 308 g/mol.